The first kappa shape index (κ1) is 21.0. The van der Waals surface area contributed by atoms with E-state index in [4.69, 9.17) is 4.84 Å². The van der Waals surface area contributed by atoms with Crippen LogP contribution in [0, 0.1) is 6.92 Å². The summed E-state index contributed by atoms with van der Waals surface area (Å²) in [5, 5.41) is 6.36. The molecule has 1 amide bonds. The van der Waals surface area contributed by atoms with Gasteiger partial charge in [-0.25, -0.2) is 0 Å². The minimum absolute atomic E-state index is 0.00281. The predicted molar refractivity (Wildman–Crippen MR) is 132 cm³/mol. The normalized spacial score (nSPS) is 15.2. The van der Waals surface area contributed by atoms with Gasteiger partial charge in [-0.2, -0.15) is 0 Å². The van der Waals surface area contributed by atoms with Crippen molar-refractivity contribution in [1.82, 2.24) is 4.90 Å². The highest BCUT2D eigenvalue weighted by molar-refractivity contribution is 6.07. The topological polar surface area (TPSA) is 41.9 Å². The van der Waals surface area contributed by atoms with Gasteiger partial charge in [-0.3, -0.25) is 4.79 Å². The molecule has 0 saturated carbocycles. The maximum atomic E-state index is 13.8. The molecule has 5 rings (SSSR count). The zero-order valence-electron chi connectivity index (χ0n) is 18.6. The molecule has 0 bridgehead atoms. The summed E-state index contributed by atoms with van der Waals surface area (Å²) < 4.78 is 0. The molecule has 0 saturated heterocycles. The summed E-state index contributed by atoms with van der Waals surface area (Å²) in [5.41, 5.74) is 5.00. The number of hydrogen-bond donors (Lipinski definition) is 0. The van der Waals surface area contributed by atoms with Gasteiger partial charge in [0.05, 0.1) is 12.3 Å². The van der Waals surface area contributed by atoms with Crippen molar-refractivity contribution in [2.24, 2.45) is 5.16 Å². The van der Waals surface area contributed by atoms with Gasteiger partial charge in [0.15, 0.2) is 6.10 Å². The van der Waals surface area contributed by atoms with Crippen molar-refractivity contribution in [2.75, 3.05) is 6.54 Å². The first-order valence-corrected chi connectivity index (χ1v) is 11.3. The SMILES string of the molecule is Cc1ccc(C2=NOC(CN(Cc3ccccc3)C(=O)c3cccc4ccccc34)C2)cc1. The largest absolute Gasteiger partial charge is 0.390 e. The van der Waals surface area contributed by atoms with Crippen LogP contribution in [0.15, 0.2) is 102 Å². The Morgan fingerprint density at radius 2 is 1.64 bits per heavy atom. The Balaban J connectivity index is 1.39. The quantitative estimate of drug-likeness (QED) is 0.374. The third-order valence-electron chi connectivity index (χ3n) is 6.07. The predicted octanol–water partition coefficient (Wildman–Crippen LogP) is 5.98. The molecular weight excluding hydrogens is 408 g/mol. The Morgan fingerprint density at radius 1 is 0.909 bits per heavy atom. The lowest BCUT2D eigenvalue weighted by atomic mass is 10.0. The smallest absolute Gasteiger partial charge is 0.254 e. The maximum absolute atomic E-state index is 13.8. The Hall–Kier alpha value is -3.92. The molecule has 1 unspecified atom stereocenters. The number of fused-ring (bicyclic) bond motifs is 1. The fourth-order valence-electron chi connectivity index (χ4n) is 4.29. The van der Waals surface area contributed by atoms with E-state index < -0.39 is 0 Å². The number of carbonyl (C=O) groups excluding carboxylic acids is 1. The Labute approximate surface area is 194 Å². The van der Waals surface area contributed by atoms with E-state index >= 15 is 0 Å². The molecule has 1 aliphatic heterocycles. The highest BCUT2D eigenvalue weighted by Gasteiger charge is 2.28. The Bertz CT molecular complexity index is 1290. The van der Waals surface area contributed by atoms with Crippen LogP contribution in [0.2, 0.25) is 0 Å². The first-order valence-electron chi connectivity index (χ1n) is 11.3. The molecule has 1 atom stereocenters. The van der Waals surface area contributed by atoms with Crippen molar-refractivity contribution < 1.29 is 9.63 Å². The molecule has 1 aliphatic rings. The number of carbonyl (C=O) groups is 1. The van der Waals surface area contributed by atoms with Crippen molar-refractivity contribution in [2.45, 2.75) is 26.0 Å². The van der Waals surface area contributed by atoms with Crippen LogP contribution in [0.5, 0.6) is 0 Å². The number of hydrogen-bond acceptors (Lipinski definition) is 3. The number of rotatable bonds is 6. The van der Waals surface area contributed by atoms with Crippen molar-refractivity contribution >= 4 is 22.4 Å². The molecule has 0 aromatic heterocycles. The molecule has 4 aromatic rings. The van der Waals surface area contributed by atoms with Crippen LogP contribution in [0.4, 0.5) is 0 Å². The van der Waals surface area contributed by atoms with E-state index in [1.54, 1.807) is 0 Å². The van der Waals surface area contributed by atoms with Gasteiger partial charge in [0.25, 0.3) is 5.91 Å². The van der Waals surface area contributed by atoms with Crippen molar-refractivity contribution in [1.29, 1.82) is 0 Å². The lowest BCUT2D eigenvalue weighted by Gasteiger charge is -2.25. The van der Waals surface area contributed by atoms with E-state index in [-0.39, 0.29) is 12.0 Å². The lowest BCUT2D eigenvalue weighted by Crippen LogP contribution is -2.37. The minimum atomic E-state index is -0.177. The molecule has 0 spiro atoms. The molecule has 0 aliphatic carbocycles. The molecule has 4 nitrogen and oxygen atoms in total. The second kappa shape index (κ2) is 9.29. The van der Waals surface area contributed by atoms with Crippen molar-refractivity contribution in [3.05, 3.63) is 119 Å². The van der Waals surface area contributed by atoms with Crippen molar-refractivity contribution in [3.63, 3.8) is 0 Å². The summed E-state index contributed by atoms with van der Waals surface area (Å²) in [4.78, 5) is 21.4. The molecular formula is C29H26N2O2. The van der Waals surface area contributed by atoms with Crippen molar-refractivity contribution in [3.8, 4) is 0 Å². The Morgan fingerprint density at radius 3 is 2.45 bits per heavy atom. The average Bonchev–Trinajstić information content (AvgIpc) is 3.32. The molecule has 164 valence electrons. The third-order valence-corrected chi connectivity index (χ3v) is 6.07. The van der Waals surface area contributed by atoms with Gasteiger partial charge < -0.3 is 9.74 Å². The molecule has 0 fully saturated rings. The summed E-state index contributed by atoms with van der Waals surface area (Å²) >= 11 is 0. The highest BCUT2D eigenvalue weighted by atomic mass is 16.6. The maximum Gasteiger partial charge on any atom is 0.254 e. The summed E-state index contributed by atoms with van der Waals surface area (Å²) in [7, 11) is 0. The minimum Gasteiger partial charge on any atom is -0.390 e. The second-order valence-corrected chi connectivity index (χ2v) is 8.53. The number of aryl methyl sites for hydroxylation is 1. The van der Waals surface area contributed by atoms with E-state index in [1.165, 1.54) is 5.56 Å². The number of amides is 1. The monoisotopic (exact) mass is 434 g/mol. The highest BCUT2D eigenvalue weighted by Crippen LogP contribution is 2.23. The van der Waals surface area contributed by atoms with E-state index in [9.17, 15) is 4.79 Å². The molecule has 4 heteroatoms. The van der Waals surface area contributed by atoms with Crippen LogP contribution in [-0.4, -0.2) is 29.2 Å². The van der Waals surface area contributed by atoms with Gasteiger partial charge in [0.1, 0.15) is 0 Å². The van der Waals surface area contributed by atoms with E-state index in [0.29, 0.717) is 25.1 Å². The summed E-state index contributed by atoms with van der Waals surface area (Å²) in [6.07, 6.45) is 0.501. The van der Waals surface area contributed by atoms with Gasteiger partial charge in [-0.15, -0.1) is 0 Å². The van der Waals surface area contributed by atoms with Crippen LogP contribution >= 0.6 is 0 Å². The molecule has 1 heterocycles. The van der Waals surface area contributed by atoms with Gasteiger partial charge in [0.2, 0.25) is 0 Å². The summed E-state index contributed by atoms with van der Waals surface area (Å²) in [5.74, 6) is 0.00281. The second-order valence-electron chi connectivity index (χ2n) is 8.53. The standard InChI is InChI=1S/C29H26N2O2/c1-21-14-16-24(17-15-21)28-18-25(33-30-28)20-31(19-22-8-3-2-4-9-22)29(32)27-13-7-11-23-10-5-6-12-26(23)27/h2-17,25H,18-20H2,1H3. The zero-order chi connectivity index (χ0) is 22.6. The summed E-state index contributed by atoms with van der Waals surface area (Å²) in [6, 6.07) is 32.3. The van der Waals surface area contributed by atoms with E-state index in [1.807, 2.05) is 77.7 Å². The number of benzene rings is 4. The zero-order valence-corrected chi connectivity index (χ0v) is 18.6. The number of nitrogens with zero attached hydrogens (tertiary/aromatic N) is 2. The fourth-order valence-corrected chi connectivity index (χ4v) is 4.29. The molecule has 0 radical (unpaired) electrons. The Kier molecular flexibility index (Phi) is 5.90. The van der Waals surface area contributed by atoms with Gasteiger partial charge in [-0.1, -0.05) is 102 Å². The molecule has 0 N–H and O–H groups in total. The van der Waals surface area contributed by atoms with Gasteiger partial charge in [-0.05, 0) is 34.9 Å². The van der Waals surface area contributed by atoms with Gasteiger partial charge in [0, 0.05) is 18.5 Å². The van der Waals surface area contributed by atoms with E-state index in [0.717, 1.165) is 27.6 Å². The van der Waals surface area contributed by atoms with Crippen LogP contribution in [0.3, 0.4) is 0 Å². The first-order chi connectivity index (χ1) is 16.2. The molecule has 4 aromatic carbocycles. The number of oxime groups is 1. The fraction of sp³-hybridized carbons (Fsp3) is 0.172. The lowest BCUT2D eigenvalue weighted by molar-refractivity contribution is 0.0406. The van der Waals surface area contributed by atoms with Gasteiger partial charge >= 0.3 is 0 Å². The average molecular weight is 435 g/mol. The third kappa shape index (κ3) is 4.65. The van der Waals surface area contributed by atoms with Crippen LogP contribution in [-0.2, 0) is 11.4 Å². The van der Waals surface area contributed by atoms with E-state index in [2.05, 4.69) is 36.3 Å². The van der Waals surface area contributed by atoms with Crippen LogP contribution in [0.25, 0.3) is 10.8 Å². The van der Waals surface area contributed by atoms with Crippen LogP contribution < -0.4 is 0 Å². The molecule has 33 heavy (non-hydrogen) atoms. The summed E-state index contributed by atoms with van der Waals surface area (Å²) in [6.45, 7) is 3.05. The van der Waals surface area contributed by atoms with Crippen LogP contribution in [0.1, 0.15) is 33.5 Å².